The van der Waals surface area contributed by atoms with Crippen molar-refractivity contribution in [2.24, 2.45) is 0 Å². The molecule has 1 aromatic rings. The second-order valence-corrected chi connectivity index (χ2v) is 5.24. The Hall–Kier alpha value is -2.22. The van der Waals surface area contributed by atoms with Gasteiger partial charge < -0.3 is 9.47 Å². The highest BCUT2D eigenvalue weighted by molar-refractivity contribution is 5.88. The summed E-state index contributed by atoms with van der Waals surface area (Å²) in [6, 6.07) is 9.09. The van der Waals surface area contributed by atoms with Crippen molar-refractivity contribution in [3.63, 3.8) is 0 Å². The summed E-state index contributed by atoms with van der Waals surface area (Å²) in [6.07, 6.45) is -0.219. The zero-order chi connectivity index (χ0) is 15.2. The van der Waals surface area contributed by atoms with E-state index in [2.05, 4.69) is 0 Å². The Balaban J connectivity index is 2.92. The number of carbonyl (C=O) groups is 1. The summed E-state index contributed by atoms with van der Waals surface area (Å²) in [5.41, 5.74) is 0.101. The van der Waals surface area contributed by atoms with Crippen LogP contribution in [0.15, 0.2) is 24.3 Å². The van der Waals surface area contributed by atoms with E-state index in [0.717, 1.165) is 0 Å². The quantitative estimate of drug-likeness (QED) is 0.846. The molecule has 20 heavy (non-hydrogen) atoms. The molecule has 0 N–H and O–H groups in total. The Morgan fingerprint density at radius 2 is 1.90 bits per heavy atom. The number of carbonyl (C=O) groups excluding carboxylic acids is 1. The fourth-order valence-electron chi connectivity index (χ4n) is 1.57. The number of amides is 1. The van der Waals surface area contributed by atoms with Gasteiger partial charge in [0.05, 0.1) is 19.6 Å². The largest absolute Gasteiger partial charge is 0.497 e. The number of nitriles is 1. The van der Waals surface area contributed by atoms with Crippen molar-refractivity contribution in [1.82, 2.24) is 0 Å². The van der Waals surface area contributed by atoms with Crippen LogP contribution in [0.25, 0.3) is 0 Å². The number of ether oxygens (including phenoxy) is 2. The Bertz CT molecular complexity index is 483. The van der Waals surface area contributed by atoms with E-state index in [1.54, 1.807) is 52.1 Å². The molecule has 0 unspecified atom stereocenters. The normalized spacial score (nSPS) is 10.6. The number of benzene rings is 1. The summed E-state index contributed by atoms with van der Waals surface area (Å²) >= 11 is 0. The van der Waals surface area contributed by atoms with Crippen LogP contribution in [-0.2, 0) is 4.74 Å². The first kappa shape index (κ1) is 15.8. The molecule has 0 aromatic heterocycles. The molecule has 0 aliphatic rings. The van der Waals surface area contributed by atoms with E-state index in [1.807, 2.05) is 6.07 Å². The maximum Gasteiger partial charge on any atom is 0.414 e. The Kier molecular flexibility index (Phi) is 5.39. The van der Waals surface area contributed by atoms with E-state index in [9.17, 15) is 4.79 Å². The Labute approximate surface area is 119 Å². The van der Waals surface area contributed by atoms with Gasteiger partial charge in [-0.3, -0.25) is 4.90 Å². The van der Waals surface area contributed by atoms with Gasteiger partial charge in [0.15, 0.2) is 0 Å². The topological polar surface area (TPSA) is 62.6 Å². The SMILES string of the molecule is COc1ccc(N(CCC#N)C(=O)OC(C)(C)C)cc1. The van der Waals surface area contributed by atoms with Crippen LogP contribution in [0.4, 0.5) is 10.5 Å². The molecule has 0 saturated heterocycles. The zero-order valence-corrected chi connectivity index (χ0v) is 12.3. The minimum absolute atomic E-state index is 0.241. The lowest BCUT2D eigenvalue weighted by atomic mass is 10.2. The van der Waals surface area contributed by atoms with Gasteiger partial charge in [-0.05, 0) is 45.0 Å². The lowest BCUT2D eigenvalue weighted by molar-refractivity contribution is 0.0581. The molecule has 5 heteroatoms. The smallest absolute Gasteiger partial charge is 0.414 e. The second-order valence-electron chi connectivity index (χ2n) is 5.24. The van der Waals surface area contributed by atoms with Gasteiger partial charge in [-0.1, -0.05) is 0 Å². The molecular formula is C15H20N2O3. The Morgan fingerprint density at radius 1 is 1.30 bits per heavy atom. The standard InChI is InChI=1S/C15H20N2O3/c1-15(2,3)20-14(18)17(11-5-10-16)12-6-8-13(19-4)9-7-12/h6-9H,5,11H2,1-4H3. The van der Waals surface area contributed by atoms with E-state index in [0.29, 0.717) is 11.4 Å². The molecule has 5 nitrogen and oxygen atoms in total. The number of rotatable bonds is 4. The second kappa shape index (κ2) is 6.80. The van der Waals surface area contributed by atoms with E-state index in [-0.39, 0.29) is 13.0 Å². The number of hydrogen-bond donors (Lipinski definition) is 0. The van der Waals surface area contributed by atoms with Gasteiger partial charge in [-0.15, -0.1) is 0 Å². The van der Waals surface area contributed by atoms with Crippen LogP contribution in [0.3, 0.4) is 0 Å². The highest BCUT2D eigenvalue weighted by Gasteiger charge is 2.23. The average molecular weight is 276 g/mol. The summed E-state index contributed by atoms with van der Waals surface area (Å²) in [7, 11) is 1.58. The molecule has 108 valence electrons. The van der Waals surface area contributed by atoms with Crippen LogP contribution >= 0.6 is 0 Å². The van der Waals surface area contributed by atoms with E-state index in [1.165, 1.54) is 4.90 Å². The van der Waals surface area contributed by atoms with Gasteiger partial charge in [0.2, 0.25) is 0 Å². The van der Waals surface area contributed by atoms with Crippen molar-refractivity contribution in [3.8, 4) is 11.8 Å². The van der Waals surface area contributed by atoms with Gasteiger partial charge in [0.25, 0.3) is 0 Å². The molecule has 0 aliphatic heterocycles. The maximum atomic E-state index is 12.2. The molecule has 0 heterocycles. The van der Waals surface area contributed by atoms with Crippen LogP contribution in [-0.4, -0.2) is 25.3 Å². The molecule has 0 atom stereocenters. The third-order valence-corrected chi connectivity index (χ3v) is 2.45. The van der Waals surface area contributed by atoms with E-state index >= 15 is 0 Å². The minimum atomic E-state index is -0.575. The fourth-order valence-corrected chi connectivity index (χ4v) is 1.57. The average Bonchev–Trinajstić information content (AvgIpc) is 2.38. The summed E-state index contributed by atoms with van der Waals surface area (Å²) in [5, 5.41) is 8.71. The molecule has 0 saturated carbocycles. The van der Waals surface area contributed by atoms with Crippen molar-refractivity contribution in [2.75, 3.05) is 18.6 Å². The third kappa shape index (κ3) is 4.81. The molecule has 1 aromatic carbocycles. The first-order valence-electron chi connectivity index (χ1n) is 6.39. The number of hydrogen-bond acceptors (Lipinski definition) is 4. The van der Waals surface area contributed by atoms with Crippen LogP contribution < -0.4 is 9.64 Å². The van der Waals surface area contributed by atoms with E-state index in [4.69, 9.17) is 14.7 Å². The minimum Gasteiger partial charge on any atom is -0.497 e. The molecule has 1 rings (SSSR count). The molecule has 0 fully saturated rings. The fraction of sp³-hybridized carbons (Fsp3) is 0.467. The Morgan fingerprint density at radius 3 is 2.35 bits per heavy atom. The van der Waals surface area contributed by atoms with Crippen LogP contribution in [0.5, 0.6) is 5.75 Å². The van der Waals surface area contributed by atoms with Gasteiger partial charge in [0.1, 0.15) is 11.4 Å². The summed E-state index contributed by atoms with van der Waals surface area (Å²) in [5.74, 6) is 0.707. The molecule has 1 amide bonds. The predicted octanol–water partition coefficient (Wildman–Crippen LogP) is 3.35. The van der Waals surface area contributed by atoms with Crippen molar-refractivity contribution in [1.29, 1.82) is 5.26 Å². The highest BCUT2D eigenvalue weighted by Crippen LogP contribution is 2.21. The summed E-state index contributed by atoms with van der Waals surface area (Å²) in [6.45, 7) is 5.71. The molecular weight excluding hydrogens is 256 g/mol. The first-order chi connectivity index (χ1) is 9.37. The van der Waals surface area contributed by atoms with E-state index < -0.39 is 11.7 Å². The monoisotopic (exact) mass is 276 g/mol. The van der Waals surface area contributed by atoms with Crippen molar-refractivity contribution in [2.45, 2.75) is 32.8 Å². The van der Waals surface area contributed by atoms with Gasteiger partial charge in [-0.25, -0.2) is 4.79 Å². The first-order valence-corrected chi connectivity index (χ1v) is 6.39. The van der Waals surface area contributed by atoms with Crippen molar-refractivity contribution < 1.29 is 14.3 Å². The number of anilines is 1. The number of nitrogens with zero attached hydrogens (tertiary/aromatic N) is 2. The van der Waals surface area contributed by atoms with Crippen LogP contribution in [0.2, 0.25) is 0 Å². The van der Waals surface area contributed by atoms with Crippen LogP contribution in [0.1, 0.15) is 27.2 Å². The summed E-state index contributed by atoms with van der Waals surface area (Å²) < 4.78 is 10.4. The summed E-state index contributed by atoms with van der Waals surface area (Å²) in [4.78, 5) is 13.6. The third-order valence-electron chi connectivity index (χ3n) is 2.45. The zero-order valence-electron chi connectivity index (χ0n) is 12.3. The number of methoxy groups -OCH3 is 1. The van der Waals surface area contributed by atoms with Crippen molar-refractivity contribution in [3.05, 3.63) is 24.3 Å². The molecule has 0 bridgehead atoms. The van der Waals surface area contributed by atoms with Crippen molar-refractivity contribution >= 4 is 11.8 Å². The van der Waals surface area contributed by atoms with Gasteiger partial charge in [-0.2, -0.15) is 5.26 Å². The maximum absolute atomic E-state index is 12.2. The molecule has 0 aliphatic carbocycles. The predicted molar refractivity (Wildman–Crippen MR) is 76.8 cm³/mol. The highest BCUT2D eigenvalue weighted by atomic mass is 16.6. The lowest BCUT2D eigenvalue weighted by Crippen LogP contribution is -2.37. The van der Waals surface area contributed by atoms with Gasteiger partial charge >= 0.3 is 6.09 Å². The molecule has 0 spiro atoms. The van der Waals surface area contributed by atoms with Gasteiger partial charge in [0, 0.05) is 12.2 Å². The van der Waals surface area contributed by atoms with Crippen LogP contribution in [0, 0.1) is 11.3 Å². The lowest BCUT2D eigenvalue weighted by Gasteiger charge is -2.27. The molecule has 0 radical (unpaired) electrons.